The van der Waals surface area contributed by atoms with E-state index < -0.39 is 11.9 Å². The number of halogens is 2. The Morgan fingerprint density at radius 1 is 1.35 bits per heavy atom. The predicted octanol–water partition coefficient (Wildman–Crippen LogP) is 1.58. The topological polar surface area (TPSA) is 84.2 Å². The number of carbonyl (C=O) groups is 2. The zero-order valence-corrected chi connectivity index (χ0v) is 12.6. The third-order valence-electron chi connectivity index (χ3n) is 2.62. The standard InChI is InChI=1S/C13H17Cl2N3O2/c1-8(12(19)17-7-3-6-16)18-13(20)9-4-2-5-10(14)11(9)15/h2,4-5,8H,3,6-7,16H2,1H3,(H,17,19)(H,18,20). The van der Waals surface area contributed by atoms with Crippen molar-refractivity contribution in [3.8, 4) is 0 Å². The Labute approximate surface area is 127 Å². The minimum atomic E-state index is -0.671. The van der Waals surface area contributed by atoms with E-state index >= 15 is 0 Å². The molecule has 1 aromatic carbocycles. The lowest BCUT2D eigenvalue weighted by molar-refractivity contribution is -0.122. The van der Waals surface area contributed by atoms with E-state index in [9.17, 15) is 9.59 Å². The number of rotatable bonds is 6. The highest BCUT2D eigenvalue weighted by molar-refractivity contribution is 6.43. The first-order chi connectivity index (χ1) is 9.47. The van der Waals surface area contributed by atoms with Gasteiger partial charge in [0.2, 0.25) is 5.91 Å². The van der Waals surface area contributed by atoms with Crippen LogP contribution in [0.3, 0.4) is 0 Å². The van der Waals surface area contributed by atoms with Gasteiger partial charge in [-0.05, 0) is 32.0 Å². The van der Waals surface area contributed by atoms with Crippen molar-refractivity contribution in [3.63, 3.8) is 0 Å². The maximum absolute atomic E-state index is 12.0. The molecule has 0 bridgehead atoms. The summed E-state index contributed by atoms with van der Waals surface area (Å²) in [6.07, 6.45) is 0.687. The maximum Gasteiger partial charge on any atom is 0.253 e. The van der Waals surface area contributed by atoms with Crippen molar-refractivity contribution in [1.82, 2.24) is 10.6 Å². The SMILES string of the molecule is CC(NC(=O)c1cccc(Cl)c1Cl)C(=O)NCCCN. The highest BCUT2D eigenvalue weighted by Gasteiger charge is 2.18. The Morgan fingerprint density at radius 3 is 2.70 bits per heavy atom. The number of benzene rings is 1. The van der Waals surface area contributed by atoms with Gasteiger partial charge in [-0.25, -0.2) is 0 Å². The molecule has 1 unspecified atom stereocenters. The van der Waals surface area contributed by atoms with E-state index in [-0.39, 0.29) is 16.5 Å². The molecule has 0 saturated carbocycles. The molecule has 5 nitrogen and oxygen atoms in total. The molecule has 0 saturated heterocycles. The fraction of sp³-hybridized carbons (Fsp3) is 0.385. The molecular formula is C13H17Cl2N3O2. The van der Waals surface area contributed by atoms with Crippen molar-refractivity contribution in [2.24, 2.45) is 5.73 Å². The Balaban J connectivity index is 2.61. The number of carbonyl (C=O) groups excluding carboxylic acids is 2. The summed E-state index contributed by atoms with van der Waals surface area (Å²) in [6, 6.07) is 4.08. The molecule has 4 N–H and O–H groups in total. The number of nitrogens with one attached hydrogen (secondary N) is 2. The molecule has 1 rings (SSSR count). The molecule has 1 aromatic rings. The Hall–Kier alpha value is -1.30. The van der Waals surface area contributed by atoms with Gasteiger partial charge in [0.05, 0.1) is 15.6 Å². The molecule has 110 valence electrons. The zero-order chi connectivity index (χ0) is 15.1. The van der Waals surface area contributed by atoms with Crippen LogP contribution >= 0.6 is 23.2 Å². The van der Waals surface area contributed by atoms with Crippen LogP contribution in [-0.2, 0) is 4.79 Å². The summed E-state index contributed by atoms with van der Waals surface area (Å²) in [5.41, 5.74) is 5.57. The molecule has 0 aliphatic rings. The van der Waals surface area contributed by atoms with Gasteiger partial charge in [0, 0.05) is 6.54 Å². The summed E-state index contributed by atoms with van der Waals surface area (Å²) < 4.78 is 0. The fourth-order valence-corrected chi connectivity index (χ4v) is 1.87. The molecule has 0 radical (unpaired) electrons. The van der Waals surface area contributed by atoms with Gasteiger partial charge in [-0.1, -0.05) is 29.3 Å². The van der Waals surface area contributed by atoms with E-state index in [2.05, 4.69) is 10.6 Å². The molecule has 2 amide bonds. The second-order valence-electron chi connectivity index (χ2n) is 4.23. The lowest BCUT2D eigenvalue weighted by Crippen LogP contribution is -2.45. The quantitative estimate of drug-likeness (QED) is 0.696. The van der Waals surface area contributed by atoms with Gasteiger partial charge in [0.1, 0.15) is 6.04 Å². The van der Waals surface area contributed by atoms with E-state index in [1.165, 1.54) is 0 Å². The summed E-state index contributed by atoms with van der Waals surface area (Å²) in [5.74, 6) is -0.719. The third-order valence-corrected chi connectivity index (χ3v) is 3.44. The van der Waals surface area contributed by atoms with Crippen LogP contribution < -0.4 is 16.4 Å². The van der Waals surface area contributed by atoms with Gasteiger partial charge in [-0.2, -0.15) is 0 Å². The molecule has 0 aliphatic carbocycles. The lowest BCUT2D eigenvalue weighted by Gasteiger charge is -2.14. The van der Waals surface area contributed by atoms with Crippen LogP contribution in [0.15, 0.2) is 18.2 Å². The minimum absolute atomic E-state index is 0.169. The van der Waals surface area contributed by atoms with Gasteiger partial charge in [0.15, 0.2) is 0 Å². The van der Waals surface area contributed by atoms with Crippen LogP contribution in [0.5, 0.6) is 0 Å². The number of hydrogen-bond acceptors (Lipinski definition) is 3. The van der Waals surface area contributed by atoms with Gasteiger partial charge in [0.25, 0.3) is 5.91 Å². The highest BCUT2D eigenvalue weighted by Crippen LogP contribution is 2.25. The van der Waals surface area contributed by atoms with Crippen molar-refractivity contribution >= 4 is 35.0 Å². The molecule has 0 spiro atoms. The maximum atomic E-state index is 12.0. The summed E-state index contributed by atoms with van der Waals surface area (Å²) in [4.78, 5) is 23.7. The number of hydrogen-bond donors (Lipinski definition) is 3. The van der Waals surface area contributed by atoms with Gasteiger partial charge < -0.3 is 16.4 Å². The van der Waals surface area contributed by atoms with Crippen molar-refractivity contribution < 1.29 is 9.59 Å². The molecule has 0 fully saturated rings. The van der Waals surface area contributed by atoms with Crippen molar-refractivity contribution in [2.75, 3.05) is 13.1 Å². The van der Waals surface area contributed by atoms with Crippen molar-refractivity contribution in [2.45, 2.75) is 19.4 Å². The van der Waals surface area contributed by atoms with E-state index in [0.29, 0.717) is 24.5 Å². The van der Waals surface area contributed by atoms with Crippen LogP contribution in [0.25, 0.3) is 0 Å². The first-order valence-corrected chi connectivity index (χ1v) is 6.95. The van der Waals surface area contributed by atoms with Crippen molar-refractivity contribution in [3.05, 3.63) is 33.8 Å². The van der Waals surface area contributed by atoms with Crippen LogP contribution in [-0.4, -0.2) is 30.9 Å². The van der Waals surface area contributed by atoms with Crippen LogP contribution in [0.1, 0.15) is 23.7 Å². The molecular weight excluding hydrogens is 301 g/mol. The lowest BCUT2D eigenvalue weighted by atomic mass is 10.2. The summed E-state index contributed by atoms with van der Waals surface area (Å²) in [6.45, 7) is 2.57. The summed E-state index contributed by atoms with van der Waals surface area (Å²) in [5, 5.41) is 5.70. The van der Waals surface area contributed by atoms with E-state index in [1.54, 1.807) is 25.1 Å². The highest BCUT2D eigenvalue weighted by atomic mass is 35.5. The third kappa shape index (κ3) is 4.67. The van der Waals surface area contributed by atoms with Gasteiger partial charge in [-0.15, -0.1) is 0 Å². The molecule has 0 heterocycles. The minimum Gasteiger partial charge on any atom is -0.354 e. The van der Waals surface area contributed by atoms with E-state index in [0.717, 1.165) is 0 Å². The second kappa shape index (κ2) is 8.09. The Bertz CT molecular complexity index is 495. The smallest absolute Gasteiger partial charge is 0.253 e. The fourth-order valence-electron chi connectivity index (χ4n) is 1.49. The van der Waals surface area contributed by atoms with Crippen LogP contribution in [0.2, 0.25) is 10.0 Å². The number of nitrogens with two attached hydrogens (primary N) is 1. The number of amides is 2. The van der Waals surface area contributed by atoms with Crippen molar-refractivity contribution in [1.29, 1.82) is 0 Å². The molecule has 0 aliphatic heterocycles. The van der Waals surface area contributed by atoms with Crippen LogP contribution in [0.4, 0.5) is 0 Å². The summed E-state index contributed by atoms with van der Waals surface area (Å²) in [7, 11) is 0. The normalized spacial score (nSPS) is 11.8. The second-order valence-corrected chi connectivity index (χ2v) is 5.01. The van der Waals surface area contributed by atoms with Crippen LogP contribution in [0, 0.1) is 0 Å². The monoisotopic (exact) mass is 317 g/mol. The molecule has 7 heteroatoms. The first kappa shape index (κ1) is 16.8. The summed E-state index contributed by atoms with van der Waals surface area (Å²) >= 11 is 11.8. The molecule has 20 heavy (non-hydrogen) atoms. The van der Waals surface area contributed by atoms with E-state index in [1.807, 2.05) is 0 Å². The predicted molar refractivity (Wildman–Crippen MR) is 80.1 cm³/mol. The van der Waals surface area contributed by atoms with Gasteiger partial charge >= 0.3 is 0 Å². The Morgan fingerprint density at radius 2 is 2.05 bits per heavy atom. The Kier molecular flexibility index (Phi) is 6.78. The zero-order valence-electron chi connectivity index (χ0n) is 11.1. The molecule has 1 atom stereocenters. The van der Waals surface area contributed by atoms with Gasteiger partial charge in [-0.3, -0.25) is 9.59 Å². The average Bonchev–Trinajstić information content (AvgIpc) is 2.41. The average molecular weight is 318 g/mol. The largest absolute Gasteiger partial charge is 0.354 e. The van der Waals surface area contributed by atoms with E-state index in [4.69, 9.17) is 28.9 Å². The first-order valence-electron chi connectivity index (χ1n) is 6.20. The molecule has 0 aromatic heterocycles.